The van der Waals surface area contributed by atoms with E-state index < -0.39 is 11.4 Å². The minimum absolute atomic E-state index is 0.157. The fourth-order valence-electron chi connectivity index (χ4n) is 2.82. The predicted molar refractivity (Wildman–Crippen MR) is 104 cm³/mol. The molecule has 0 atom stereocenters. The molecular formula is C21H20FN3O3. The molecule has 7 heteroatoms. The van der Waals surface area contributed by atoms with Crippen LogP contribution in [-0.2, 0) is 17.8 Å². The highest BCUT2D eigenvalue weighted by Crippen LogP contribution is 2.18. The molecule has 0 aliphatic carbocycles. The molecule has 0 fully saturated rings. The molecular weight excluding hydrogens is 361 g/mol. The number of nitrogens with one attached hydrogen (secondary N) is 1. The molecule has 1 amide bonds. The second-order valence-corrected chi connectivity index (χ2v) is 6.13. The van der Waals surface area contributed by atoms with Gasteiger partial charge in [-0.25, -0.2) is 9.37 Å². The molecule has 3 aromatic rings. The van der Waals surface area contributed by atoms with Crippen LogP contribution in [0.3, 0.4) is 0 Å². The summed E-state index contributed by atoms with van der Waals surface area (Å²) in [5.74, 6) is -0.000394. The lowest BCUT2D eigenvalue weighted by Crippen LogP contribution is -2.33. The Morgan fingerprint density at radius 1 is 1.18 bits per heavy atom. The number of benzene rings is 2. The summed E-state index contributed by atoms with van der Waals surface area (Å²) < 4.78 is 20.3. The molecule has 1 heterocycles. The van der Waals surface area contributed by atoms with Gasteiger partial charge in [0.15, 0.2) is 0 Å². The second kappa shape index (κ2) is 8.94. The molecule has 3 rings (SSSR count). The first-order chi connectivity index (χ1) is 13.6. The van der Waals surface area contributed by atoms with Crippen LogP contribution in [0.5, 0.6) is 5.75 Å². The number of para-hydroxylation sites is 1. The van der Waals surface area contributed by atoms with E-state index in [4.69, 9.17) is 4.74 Å². The molecule has 0 spiro atoms. The zero-order valence-corrected chi connectivity index (χ0v) is 15.4. The van der Waals surface area contributed by atoms with Gasteiger partial charge in [0.2, 0.25) is 5.91 Å². The number of hydrogen-bond donors (Lipinski definition) is 1. The van der Waals surface area contributed by atoms with Gasteiger partial charge >= 0.3 is 0 Å². The normalized spacial score (nSPS) is 10.5. The molecule has 6 nitrogen and oxygen atoms in total. The quantitative estimate of drug-likeness (QED) is 0.682. The number of carbonyl (C=O) groups excluding carboxylic acids is 1. The van der Waals surface area contributed by atoms with Crippen LogP contribution in [0, 0.1) is 5.82 Å². The van der Waals surface area contributed by atoms with Gasteiger partial charge in [0.25, 0.3) is 5.56 Å². The van der Waals surface area contributed by atoms with Gasteiger partial charge in [-0.2, -0.15) is 0 Å². The Bertz CT molecular complexity index is 1030. The topological polar surface area (TPSA) is 73.2 Å². The fourth-order valence-corrected chi connectivity index (χ4v) is 2.82. The number of rotatable bonds is 7. The third kappa shape index (κ3) is 4.62. The first kappa shape index (κ1) is 19.3. The molecule has 2 aromatic carbocycles. The molecule has 144 valence electrons. The van der Waals surface area contributed by atoms with Crippen molar-refractivity contribution >= 4 is 5.91 Å². The number of halogens is 1. The van der Waals surface area contributed by atoms with Crippen molar-refractivity contribution in [3.8, 4) is 17.0 Å². The summed E-state index contributed by atoms with van der Waals surface area (Å²) in [6, 6.07) is 14.9. The van der Waals surface area contributed by atoms with Gasteiger partial charge < -0.3 is 10.1 Å². The minimum Gasteiger partial charge on any atom is -0.496 e. The molecule has 28 heavy (non-hydrogen) atoms. The summed E-state index contributed by atoms with van der Waals surface area (Å²) in [5, 5.41) is 2.77. The van der Waals surface area contributed by atoms with E-state index in [2.05, 4.69) is 10.3 Å². The lowest BCUT2D eigenvalue weighted by molar-refractivity contribution is -0.121. The first-order valence-corrected chi connectivity index (χ1v) is 8.78. The molecule has 1 N–H and O–H groups in total. The number of methoxy groups -OCH3 is 1. The Balaban J connectivity index is 1.60. The van der Waals surface area contributed by atoms with Crippen molar-refractivity contribution in [2.45, 2.75) is 13.0 Å². The monoisotopic (exact) mass is 381 g/mol. The van der Waals surface area contributed by atoms with E-state index in [0.717, 1.165) is 11.3 Å². The van der Waals surface area contributed by atoms with Crippen LogP contribution in [0.25, 0.3) is 11.3 Å². The Labute approximate surface area is 161 Å². The largest absolute Gasteiger partial charge is 0.496 e. The Morgan fingerprint density at radius 2 is 1.93 bits per heavy atom. The van der Waals surface area contributed by atoms with Crippen molar-refractivity contribution in [1.29, 1.82) is 0 Å². The van der Waals surface area contributed by atoms with Crippen LogP contribution in [0.15, 0.2) is 65.7 Å². The van der Waals surface area contributed by atoms with Crippen molar-refractivity contribution in [3.05, 3.63) is 82.7 Å². The van der Waals surface area contributed by atoms with Gasteiger partial charge in [-0.1, -0.05) is 30.3 Å². The molecule has 0 saturated carbocycles. The molecule has 0 unspecified atom stereocenters. The lowest BCUT2D eigenvalue weighted by atomic mass is 10.1. The second-order valence-electron chi connectivity index (χ2n) is 6.13. The number of hydrogen-bond acceptors (Lipinski definition) is 4. The van der Waals surface area contributed by atoms with Crippen LogP contribution in [0.4, 0.5) is 4.39 Å². The average molecular weight is 381 g/mol. The molecule has 0 radical (unpaired) electrons. The highest BCUT2D eigenvalue weighted by Gasteiger charge is 2.10. The van der Waals surface area contributed by atoms with E-state index in [0.29, 0.717) is 13.0 Å². The van der Waals surface area contributed by atoms with E-state index in [1.807, 2.05) is 24.3 Å². The third-order valence-corrected chi connectivity index (χ3v) is 4.25. The maximum Gasteiger partial charge on any atom is 0.254 e. The van der Waals surface area contributed by atoms with E-state index in [1.165, 1.54) is 23.0 Å². The van der Waals surface area contributed by atoms with Crippen molar-refractivity contribution in [1.82, 2.24) is 14.9 Å². The summed E-state index contributed by atoms with van der Waals surface area (Å²) >= 11 is 0. The van der Waals surface area contributed by atoms with Crippen LogP contribution in [0.2, 0.25) is 0 Å². The van der Waals surface area contributed by atoms with Gasteiger partial charge in [-0.05, 0) is 30.2 Å². The van der Waals surface area contributed by atoms with Gasteiger partial charge in [-0.3, -0.25) is 14.2 Å². The Kier molecular flexibility index (Phi) is 6.16. The number of ether oxygens (including phenoxy) is 1. The van der Waals surface area contributed by atoms with Gasteiger partial charge in [0, 0.05) is 18.2 Å². The number of carbonyl (C=O) groups is 1. The maximum atomic E-state index is 13.8. The van der Waals surface area contributed by atoms with Gasteiger partial charge in [0.1, 0.15) is 18.1 Å². The highest BCUT2D eigenvalue weighted by atomic mass is 19.1. The summed E-state index contributed by atoms with van der Waals surface area (Å²) in [7, 11) is 1.60. The average Bonchev–Trinajstić information content (AvgIpc) is 2.70. The van der Waals surface area contributed by atoms with E-state index in [1.54, 1.807) is 25.3 Å². The van der Waals surface area contributed by atoms with E-state index >= 15 is 0 Å². The summed E-state index contributed by atoms with van der Waals surface area (Å²) in [4.78, 5) is 28.5. The molecule has 1 aromatic heterocycles. The van der Waals surface area contributed by atoms with Gasteiger partial charge in [0.05, 0.1) is 19.1 Å². The maximum absolute atomic E-state index is 13.8. The third-order valence-electron chi connectivity index (χ3n) is 4.25. The fraction of sp³-hybridized carbons (Fsp3) is 0.190. The smallest absolute Gasteiger partial charge is 0.254 e. The summed E-state index contributed by atoms with van der Waals surface area (Å²) in [6.07, 6.45) is 1.86. The molecule has 0 saturated heterocycles. The Morgan fingerprint density at radius 3 is 2.68 bits per heavy atom. The standard InChI is InChI=1S/C21H20FN3O3/c1-28-19-9-5-2-6-15(19)10-11-23-20(26)13-25-14-24-18(12-21(25)27)16-7-3-4-8-17(16)22/h2-9,12,14H,10-11,13H2,1H3,(H,23,26). The van der Waals surface area contributed by atoms with Crippen LogP contribution >= 0.6 is 0 Å². The molecule has 0 aliphatic heterocycles. The minimum atomic E-state index is -0.457. The van der Waals surface area contributed by atoms with Crippen LogP contribution in [-0.4, -0.2) is 29.1 Å². The molecule has 0 bridgehead atoms. The van der Waals surface area contributed by atoms with E-state index in [-0.39, 0.29) is 23.7 Å². The Hall–Kier alpha value is -3.48. The van der Waals surface area contributed by atoms with Crippen molar-refractivity contribution < 1.29 is 13.9 Å². The summed E-state index contributed by atoms with van der Waals surface area (Å²) in [5.41, 5.74) is 1.04. The van der Waals surface area contributed by atoms with Crippen molar-refractivity contribution in [2.75, 3.05) is 13.7 Å². The first-order valence-electron chi connectivity index (χ1n) is 8.78. The van der Waals surface area contributed by atoms with Gasteiger partial charge in [-0.15, -0.1) is 0 Å². The number of aromatic nitrogens is 2. The lowest BCUT2D eigenvalue weighted by Gasteiger charge is -2.10. The zero-order chi connectivity index (χ0) is 19.9. The predicted octanol–water partition coefficient (Wildman–Crippen LogP) is 2.42. The van der Waals surface area contributed by atoms with E-state index in [9.17, 15) is 14.0 Å². The van der Waals surface area contributed by atoms with Crippen molar-refractivity contribution in [3.63, 3.8) is 0 Å². The SMILES string of the molecule is COc1ccccc1CCNC(=O)Cn1cnc(-c2ccccc2F)cc1=O. The number of amides is 1. The molecule has 0 aliphatic rings. The van der Waals surface area contributed by atoms with Crippen LogP contribution in [0.1, 0.15) is 5.56 Å². The van der Waals surface area contributed by atoms with Crippen molar-refractivity contribution in [2.24, 2.45) is 0 Å². The zero-order valence-electron chi connectivity index (χ0n) is 15.4. The highest BCUT2D eigenvalue weighted by molar-refractivity contribution is 5.75. The number of nitrogens with zero attached hydrogens (tertiary/aromatic N) is 2. The van der Waals surface area contributed by atoms with Crippen LogP contribution < -0.4 is 15.6 Å². The summed E-state index contributed by atoms with van der Waals surface area (Å²) in [6.45, 7) is 0.254.